The third kappa shape index (κ3) is 3.06. The minimum Gasteiger partial charge on any atom is -0.271 e. The van der Waals surface area contributed by atoms with E-state index in [-0.39, 0.29) is 6.04 Å². The molecule has 0 aromatic heterocycles. The largest absolute Gasteiger partial charge is 0.271 e. The van der Waals surface area contributed by atoms with Gasteiger partial charge in [0.1, 0.15) is 0 Å². The fourth-order valence-electron chi connectivity index (χ4n) is 2.49. The van der Waals surface area contributed by atoms with Crippen molar-refractivity contribution in [3.05, 3.63) is 80.4 Å². The molecule has 3 aromatic rings. The van der Waals surface area contributed by atoms with Gasteiger partial charge in [0.15, 0.2) is 0 Å². The van der Waals surface area contributed by atoms with Crippen LogP contribution in [0.25, 0.3) is 10.8 Å². The Balaban J connectivity index is 2.11. The molecule has 4 heteroatoms. The Morgan fingerprint density at radius 3 is 2.48 bits per heavy atom. The molecule has 0 aliphatic rings. The van der Waals surface area contributed by atoms with Crippen LogP contribution >= 0.6 is 34.2 Å². The van der Waals surface area contributed by atoms with E-state index < -0.39 is 0 Å². The Bertz CT molecular complexity index is 789. The van der Waals surface area contributed by atoms with Crippen LogP contribution < -0.4 is 11.3 Å². The first-order valence-corrected chi connectivity index (χ1v) is 8.04. The number of hydrogen-bond acceptors (Lipinski definition) is 2. The van der Waals surface area contributed by atoms with Gasteiger partial charge in [0.2, 0.25) is 0 Å². The van der Waals surface area contributed by atoms with Crippen molar-refractivity contribution in [2.75, 3.05) is 0 Å². The van der Waals surface area contributed by atoms with E-state index in [0.717, 1.165) is 14.7 Å². The molecular formula is C17H14ClIN2. The maximum absolute atomic E-state index is 6.13. The van der Waals surface area contributed by atoms with Gasteiger partial charge in [0, 0.05) is 8.59 Å². The molecule has 1 unspecified atom stereocenters. The van der Waals surface area contributed by atoms with Crippen molar-refractivity contribution in [3.63, 3.8) is 0 Å². The van der Waals surface area contributed by atoms with Crippen LogP contribution in [0.3, 0.4) is 0 Å². The fourth-order valence-corrected chi connectivity index (χ4v) is 3.32. The van der Waals surface area contributed by atoms with E-state index in [2.05, 4.69) is 58.3 Å². The summed E-state index contributed by atoms with van der Waals surface area (Å²) in [5, 5.41) is 3.14. The topological polar surface area (TPSA) is 38.0 Å². The lowest BCUT2D eigenvalue weighted by Gasteiger charge is -2.19. The molecule has 0 bridgehead atoms. The number of halogens is 2. The van der Waals surface area contributed by atoms with E-state index >= 15 is 0 Å². The first-order valence-electron chi connectivity index (χ1n) is 6.59. The maximum Gasteiger partial charge on any atom is 0.0721 e. The third-order valence-corrected chi connectivity index (χ3v) is 4.76. The van der Waals surface area contributed by atoms with Crippen LogP contribution in [0.2, 0.25) is 5.02 Å². The lowest BCUT2D eigenvalue weighted by molar-refractivity contribution is 0.635. The molecule has 0 fully saturated rings. The zero-order chi connectivity index (χ0) is 14.8. The fraction of sp³-hybridized carbons (Fsp3) is 0.0588. The number of rotatable bonds is 3. The molecule has 0 aliphatic carbocycles. The summed E-state index contributed by atoms with van der Waals surface area (Å²) < 4.78 is 1.13. The highest BCUT2D eigenvalue weighted by molar-refractivity contribution is 14.1. The predicted octanol–water partition coefficient (Wildman–Crippen LogP) is 4.65. The number of benzene rings is 3. The molecule has 3 aromatic carbocycles. The summed E-state index contributed by atoms with van der Waals surface area (Å²) in [6.07, 6.45) is 0. The van der Waals surface area contributed by atoms with Crippen molar-refractivity contribution in [2.24, 2.45) is 5.84 Å². The molecule has 0 saturated heterocycles. The zero-order valence-corrected chi connectivity index (χ0v) is 14.1. The summed E-state index contributed by atoms with van der Waals surface area (Å²) in [7, 11) is 0. The van der Waals surface area contributed by atoms with Crippen LogP contribution in [0, 0.1) is 3.57 Å². The molecule has 0 heterocycles. The van der Waals surface area contributed by atoms with Gasteiger partial charge in [-0.15, -0.1) is 0 Å². The highest BCUT2D eigenvalue weighted by Gasteiger charge is 2.16. The first-order chi connectivity index (χ1) is 10.2. The van der Waals surface area contributed by atoms with Crippen LogP contribution in [0.4, 0.5) is 0 Å². The van der Waals surface area contributed by atoms with Gasteiger partial charge in [-0.25, -0.2) is 5.43 Å². The van der Waals surface area contributed by atoms with Gasteiger partial charge in [-0.2, -0.15) is 0 Å². The average molecular weight is 409 g/mol. The SMILES string of the molecule is NNC(c1ccc2ccccc2c1)c1cc(Cl)ccc1I. The highest BCUT2D eigenvalue weighted by atomic mass is 127. The minimum absolute atomic E-state index is 0.0831. The number of hydrazine groups is 1. The number of fused-ring (bicyclic) bond motifs is 1. The van der Waals surface area contributed by atoms with Crippen LogP contribution in [0.1, 0.15) is 17.2 Å². The third-order valence-electron chi connectivity index (χ3n) is 3.54. The molecule has 0 amide bonds. The van der Waals surface area contributed by atoms with E-state index in [1.165, 1.54) is 10.8 Å². The molecule has 0 saturated carbocycles. The van der Waals surface area contributed by atoms with Gasteiger partial charge < -0.3 is 0 Å². The van der Waals surface area contributed by atoms with Gasteiger partial charge in [-0.1, -0.05) is 48.0 Å². The van der Waals surface area contributed by atoms with Crippen molar-refractivity contribution >= 4 is 45.0 Å². The summed E-state index contributed by atoms with van der Waals surface area (Å²) in [5.74, 6) is 5.80. The molecule has 3 N–H and O–H groups in total. The Morgan fingerprint density at radius 2 is 1.71 bits per heavy atom. The molecule has 106 valence electrons. The summed E-state index contributed by atoms with van der Waals surface area (Å²) in [4.78, 5) is 0. The molecule has 1 atom stereocenters. The minimum atomic E-state index is -0.0831. The van der Waals surface area contributed by atoms with Crippen LogP contribution in [0.5, 0.6) is 0 Å². The van der Waals surface area contributed by atoms with Crippen LogP contribution in [-0.4, -0.2) is 0 Å². The summed E-state index contributed by atoms with van der Waals surface area (Å²) in [6, 6.07) is 20.4. The van der Waals surface area contributed by atoms with Gasteiger partial charge in [-0.3, -0.25) is 5.84 Å². The van der Waals surface area contributed by atoms with Crippen molar-refractivity contribution in [2.45, 2.75) is 6.04 Å². The van der Waals surface area contributed by atoms with Crippen LogP contribution in [0.15, 0.2) is 60.7 Å². The second-order valence-corrected chi connectivity index (χ2v) is 6.47. The van der Waals surface area contributed by atoms with E-state index in [1.54, 1.807) is 0 Å². The number of hydrogen-bond donors (Lipinski definition) is 2. The second-order valence-electron chi connectivity index (χ2n) is 4.87. The van der Waals surface area contributed by atoms with Crippen molar-refractivity contribution in [1.29, 1.82) is 0 Å². The van der Waals surface area contributed by atoms with Crippen LogP contribution in [-0.2, 0) is 0 Å². The molecule has 21 heavy (non-hydrogen) atoms. The maximum atomic E-state index is 6.13. The van der Waals surface area contributed by atoms with Gasteiger partial charge >= 0.3 is 0 Å². The zero-order valence-electron chi connectivity index (χ0n) is 11.2. The Kier molecular flexibility index (Phi) is 4.45. The molecule has 0 spiro atoms. The van der Waals surface area contributed by atoms with E-state index in [1.807, 2.05) is 30.3 Å². The Labute approximate surface area is 142 Å². The van der Waals surface area contributed by atoms with Gasteiger partial charge in [0.05, 0.1) is 6.04 Å². The Hall–Kier alpha value is -1.14. The lowest BCUT2D eigenvalue weighted by atomic mass is 9.97. The quantitative estimate of drug-likeness (QED) is 0.376. The molecule has 3 rings (SSSR count). The molecule has 2 nitrogen and oxygen atoms in total. The molecule has 0 aliphatic heterocycles. The Morgan fingerprint density at radius 1 is 0.952 bits per heavy atom. The second kappa shape index (κ2) is 6.32. The molecular weight excluding hydrogens is 395 g/mol. The molecule has 0 radical (unpaired) electrons. The van der Waals surface area contributed by atoms with Gasteiger partial charge in [0.25, 0.3) is 0 Å². The number of nitrogens with two attached hydrogens (primary N) is 1. The van der Waals surface area contributed by atoms with Crippen molar-refractivity contribution in [1.82, 2.24) is 5.43 Å². The van der Waals surface area contributed by atoms with Gasteiger partial charge in [-0.05, 0) is 68.8 Å². The average Bonchev–Trinajstić information content (AvgIpc) is 2.51. The summed E-state index contributed by atoms with van der Waals surface area (Å²) in [5.41, 5.74) is 5.11. The monoisotopic (exact) mass is 408 g/mol. The lowest BCUT2D eigenvalue weighted by Crippen LogP contribution is -2.29. The normalized spacial score (nSPS) is 12.5. The summed E-state index contributed by atoms with van der Waals surface area (Å²) >= 11 is 8.43. The highest BCUT2D eigenvalue weighted by Crippen LogP contribution is 2.30. The van der Waals surface area contributed by atoms with E-state index in [9.17, 15) is 0 Å². The van der Waals surface area contributed by atoms with E-state index in [0.29, 0.717) is 5.02 Å². The van der Waals surface area contributed by atoms with E-state index in [4.69, 9.17) is 17.4 Å². The summed E-state index contributed by atoms with van der Waals surface area (Å²) in [6.45, 7) is 0. The standard InChI is InChI=1S/C17H14ClIN2/c18-14-7-8-16(19)15(10-14)17(21-20)13-6-5-11-3-1-2-4-12(11)9-13/h1-10,17,21H,20H2. The smallest absolute Gasteiger partial charge is 0.0721 e. The van der Waals surface area contributed by atoms with Crippen molar-refractivity contribution < 1.29 is 0 Å². The predicted molar refractivity (Wildman–Crippen MR) is 97.3 cm³/mol. The number of nitrogens with one attached hydrogen (secondary N) is 1. The first kappa shape index (κ1) is 14.8. The van der Waals surface area contributed by atoms with Crippen molar-refractivity contribution in [3.8, 4) is 0 Å².